The first-order valence-electron chi connectivity index (χ1n) is 11.2. The number of benzene rings is 2. The van der Waals surface area contributed by atoms with Crippen LogP contribution in [0.1, 0.15) is 36.6 Å². The number of aliphatic carboxylic acids is 1. The molecule has 1 amide bonds. The van der Waals surface area contributed by atoms with Gasteiger partial charge >= 0.3 is 5.97 Å². The lowest BCUT2D eigenvalue weighted by molar-refractivity contribution is -0.141. The number of halogens is 1. The SMILES string of the molecule is O=C(O)CCC(=O)N1N=C(c2c(-c3ccc(Cl)cc3)c3ccccc3[nH]c2=O)CC1c1cnccn1. The lowest BCUT2D eigenvalue weighted by Crippen LogP contribution is -2.28. The molecule has 1 aliphatic heterocycles. The maximum absolute atomic E-state index is 13.4. The monoisotopic (exact) mass is 501 g/mol. The number of para-hydroxylation sites is 1. The van der Waals surface area contributed by atoms with Crippen molar-refractivity contribution in [3.05, 3.63) is 93.8 Å². The summed E-state index contributed by atoms with van der Waals surface area (Å²) in [4.78, 5) is 48.9. The number of fused-ring (bicyclic) bond motifs is 1. The average Bonchev–Trinajstić information content (AvgIpc) is 3.32. The highest BCUT2D eigenvalue weighted by molar-refractivity contribution is 6.30. The molecule has 1 aliphatic rings. The van der Waals surface area contributed by atoms with Crippen molar-refractivity contribution in [3.8, 4) is 11.1 Å². The average molecular weight is 502 g/mol. The first-order chi connectivity index (χ1) is 17.4. The Balaban J connectivity index is 1.68. The van der Waals surface area contributed by atoms with Gasteiger partial charge in [-0.1, -0.05) is 41.9 Å². The zero-order chi connectivity index (χ0) is 25.2. The summed E-state index contributed by atoms with van der Waals surface area (Å²) in [5.41, 5.74) is 2.97. The second-order valence-electron chi connectivity index (χ2n) is 8.29. The molecule has 2 N–H and O–H groups in total. The highest BCUT2D eigenvalue weighted by atomic mass is 35.5. The Hall–Kier alpha value is -4.37. The van der Waals surface area contributed by atoms with Gasteiger partial charge < -0.3 is 10.1 Å². The molecule has 10 heteroatoms. The van der Waals surface area contributed by atoms with Crippen LogP contribution in [0.15, 0.2) is 77.0 Å². The van der Waals surface area contributed by atoms with E-state index in [4.69, 9.17) is 16.7 Å². The Bertz CT molecular complexity index is 1550. The number of aromatic amines is 1. The molecule has 2 aromatic carbocycles. The zero-order valence-electron chi connectivity index (χ0n) is 18.9. The molecule has 1 unspecified atom stereocenters. The van der Waals surface area contributed by atoms with Crippen LogP contribution in [0.5, 0.6) is 0 Å². The third-order valence-corrected chi connectivity index (χ3v) is 6.24. The van der Waals surface area contributed by atoms with Crippen LogP contribution in [0.3, 0.4) is 0 Å². The number of pyridine rings is 1. The van der Waals surface area contributed by atoms with E-state index >= 15 is 0 Å². The van der Waals surface area contributed by atoms with Gasteiger partial charge in [0, 0.05) is 46.7 Å². The van der Waals surface area contributed by atoms with Crippen molar-refractivity contribution in [1.82, 2.24) is 20.0 Å². The number of carbonyl (C=O) groups excluding carboxylic acids is 1. The molecule has 2 aromatic heterocycles. The van der Waals surface area contributed by atoms with Crippen LogP contribution in [0.25, 0.3) is 22.0 Å². The fourth-order valence-corrected chi connectivity index (χ4v) is 4.49. The summed E-state index contributed by atoms with van der Waals surface area (Å²) in [7, 11) is 0. The lowest BCUT2D eigenvalue weighted by atomic mass is 9.92. The molecule has 3 heterocycles. The van der Waals surface area contributed by atoms with Crippen molar-refractivity contribution in [2.75, 3.05) is 0 Å². The number of hydrogen-bond donors (Lipinski definition) is 2. The van der Waals surface area contributed by atoms with E-state index in [0.717, 1.165) is 10.9 Å². The summed E-state index contributed by atoms with van der Waals surface area (Å²) >= 11 is 6.12. The number of hydrogen-bond acceptors (Lipinski definition) is 6. The van der Waals surface area contributed by atoms with Gasteiger partial charge in [-0.25, -0.2) is 5.01 Å². The number of aromatic nitrogens is 3. The Kier molecular flexibility index (Phi) is 6.30. The Morgan fingerprint density at radius 1 is 1.06 bits per heavy atom. The highest BCUT2D eigenvalue weighted by Gasteiger charge is 2.36. The van der Waals surface area contributed by atoms with Crippen molar-refractivity contribution >= 4 is 40.1 Å². The minimum Gasteiger partial charge on any atom is -0.481 e. The molecule has 0 radical (unpaired) electrons. The first kappa shape index (κ1) is 23.4. The van der Waals surface area contributed by atoms with Gasteiger partial charge in [0.05, 0.1) is 29.6 Å². The van der Waals surface area contributed by atoms with E-state index < -0.39 is 17.9 Å². The molecule has 1 atom stereocenters. The van der Waals surface area contributed by atoms with Gasteiger partial charge in [-0.3, -0.25) is 24.4 Å². The zero-order valence-corrected chi connectivity index (χ0v) is 19.6. The van der Waals surface area contributed by atoms with Crippen LogP contribution in [0, 0.1) is 0 Å². The maximum atomic E-state index is 13.4. The van der Waals surface area contributed by atoms with Gasteiger partial charge in [-0.05, 0) is 23.8 Å². The molecule has 0 aliphatic carbocycles. The van der Waals surface area contributed by atoms with Crippen LogP contribution < -0.4 is 5.56 Å². The second-order valence-corrected chi connectivity index (χ2v) is 8.72. The molecule has 0 fully saturated rings. The van der Waals surface area contributed by atoms with Crippen LogP contribution >= 0.6 is 11.6 Å². The number of hydrazone groups is 1. The minimum atomic E-state index is -1.08. The minimum absolute atomic E-state index is 0.208. The molecule has 9 nitrogen and oxygen atoms in total. The molecule has 5 rings (SSSR count). The van der Waals surface area contributed by atoms with Crippen molar-refractivity contribution in [1.29, 1.82) is 0 Å². The number of nitrogens with one attached hydrogen (secondary N) is 1. The quantitative estimate of drug-likeness (QED) is 0.408. The van der Waals surface area contributed by atoms with Crippen molar-refractivity contribution in [2.45, 2.75) is 25.3 Å². The number of rotatable bonds is 6. The van der Waals surface area contributed by atoms with Crippen molar-refractivity contribution < 1.29 is 14.7 Å². The van der Waals surface area contributed by atoms with E-state index in [1.54, 1.807) is 12.1 Å². The number of nitrogens with zero attached hydrogens (tertiary/aromatic N) is 4. The number of carboxylic acids is 1. The van der Waals surface area contributed by atoms with Gasteiger partial charge in [0.15, 0.2) is 0 Å². The summed E-state index contributed by atoms with van der Waals surface area (Å²) in [6.45, 7) is 0. The molecular weight excluding hydrogens is 482 g/mol. The van der Waals surface area contributed by atoms with Crippen molar-refractivity contribution in [2.24, 2.45) is 5.10 Å². The van der Waals surface area contributed by atoms with E-state index in [-0.39, 0.29) is 24.8 Å². The summed E-state index contributed by atoms with van der Waals surface area (Å²) < 4.78 is 0. The Morgan fingerprint density at radius 3 is 2.56 bits per heavy atom. The maximum Gasteiger partial charge on any atom is 0.303 e. The van der Waals surface area contributed by atoms with Gasteiger partial charge in [0.25, 0.3) is 5.56 Å². The molecule has 4 aromatic rings. The smallest absolute Gasteiger partial charge is 0.303 e. The molecule has 0 spiro atoms. The summed E-state index contributed by atoms with van der Waals surface area (Å²) in [6, 6.07) is 14.0. The van der Waals surface area contributed by atoms with E-state index in [1.807, 2.05) is 36.4 Å². The highest BCUT2D eigenvalue weighted by Crippen LogP contribution is 2.36. The van der Waals surface area contributed by atoms with Crippen molar-refractivity contribution in [3.63, 3.8) is 0 Å². The molecule has 0 saturated heterocycles. The van der Waals surface area contributed by atoms with Gasteiger partial charge in [0.2, 0.25) is 5.91 Å². The van der Waals surface area contributed by atoms with E-state index in [0.29, 0.717) is 33.1 Å². The number of carbonyl (C=O) groups is 2. The second kappa shape index (κ2) is 9.71. The summed E-state index contributed by atoms with van der Waals surface area (Å²) in [5.74, 6) is -1.56. The van der Waals surface area contributed by atoms with Crippen LogP contribution in [0.2, 0.25) is 5.02 Å². The van der Waals surface area contributed by atoms with Gasteiger partial charge in [-0.15, -0.1) is 0 Å². The number of H-pyrrole nitrogens is 1. The Labute approximate surface area is 210 Å². The summed E-state index contributed by atoms with van der Waals surface area (Å²) in [5, 5.41) is 16.2. The number of amides is 1. The molecule has 180 valence electrons. The van der Waals surface area contributed by atoms with Gasteiger partial charge in [0.1, 0.15) is 6.04 Å². The van der Waals surface area contributed by atoms with Crippen LogP contribution in [0.4, 0.5) is 0 Å². The predicted molar refractivity (Wildman–Crippen MR) is 135 cm³/mol. The lowest BCUT2D eigenvalue weighted by Gasteiger charge is -2.20. The molecule has 0 bridgehead atoms. The normalized spacial score (nSPS) is 15.2. The fourth-order valence-electron chi connectivity index (χ4n) is 4.37. The standard InChI is InChI=1S/C26H20ClN5O4/c27-16-7-5-15(6-8-16)24-17-3-1-2-4-18(17)30-26(36)25(24)19-13-21(20-14-28-11-12-29-20)32(31-19)22(33)9-10-23(34)35/h1-8,11-12,14,21H,9-10,13H2,(H,30,36)(H,34,35). The third-order valence-electron chi connectivity index (χ3n) is 5.99. The summed E-state index contributed by atoms with van der Waals surface area (Å²) in [6.07, 6.45) is 4.20. The Morgan fingerprint density at radius 2 is 1.83 bits per heavy atom. The third kappa shape index (κ3) is 4.48. The largest absolute Gasteiger partial charge is 0.481 e. The van der Waals surface area contributed by atoms with E-state index in [1.165, 1.54) is 23.6 Å². The van der Waals surface area contributed by atoms with Crippen LogP contribution in [-0.2, 0) is 9.59 Å². The number of carboxylic acid groups (broad SMARTS) is 1. The van der Waals surface area contributed by atoms with Crippen LogP contribution in [-0.4, -0.2) is 42.7 Å². The van der Waals surface area contributed by atoms with E-state index in [9.17, 15) is 14.4 Å². The molecular formula is C26H20ClN5O4. The molecule has 0 saturated carbocycles. The molecule has 36 heavy (non-hydrogen) atoms. The predicted octanol–water partition coefficient (Wildman–Crippen LogP) is 4.18. The topological polar surface area (TPSA) is 129 Å². The fraction of sp³-hybridized carbons (Fsp3) is 0.154. The van der Waals surface area contributed by atoms with Gasteiger partial charge in [-0.2, -0.15) is 5.10 Å². The first-order valence-corrected chi connectivity index (χ1v) is 11.6. The van der Waals surface area contributed by atoms with E-state index in [2.05, 4.69) is 20.1 Å².